The van der Waals surface area contributed by atoms with Crippen LogP contribution in [0.25, 0.3) is 0 Å². The van der Waals surface area contributed by atoms with Crippen LogP contribution >= 0.6 is 0 Å². The molecular formula is C12H17FO. The van der Waals surface area contributed by atoms with Gasteiger partial charge in [-0.3, -0.25) is 0 Å². The number of aliphatic hydroxyl groups is 1. The Balaban J connectivity index is 3.44. The Bertz CT molecular complexity index is 337. The van der Waals surface area contributed by atoms with Crippen molar-refractivity contribution in [3.8, 4) is 0 Å². The Labute approximate surface area is 84.6 Å². The number of halogens is 1. The van der Waals surface area contributed by atoms with Gasteiger partial charge in [0.25, 0.3) is 0 Å². The number of hydrogen-bond acceptors (Lipinski definition) is 1. The van der Waals surface area contributed by atoms with E-state index in [2.05, 4.69) is 0 Å². The highest BCUT2D eigenvalue weighted by Crippen LogP contribution is 2.30. The SMILES string of the molecule is Cc1ccc(CO)c(C(C)(C)C)c1F. The van der Waals surface area contributed by atoms with E-state index in [1.807, 2.05) is 20.8 Å². The Kier molecular flexibility index (Phi) is 2.95. The van der Waals surface area contributed by atoms with Gasteiger partial charge < -0.3 is 5.11 Å². The molecule has 1 aromatic carbocycles. The van der Waals surface area contributed by atoms with Gasteiger partial charge in [0, 0.05) is 0 Å². The molecule has 0 radical (unpaired) electrons. The topological polar surface area (TPSA) is 20.2 Å². The molecule has 0 aromatic heterocycles. The van der Waals surface area contributed by atoms with Crippen molar-refractivity contribution in [2.24, 2.45) is 0 Å². The molecule has 0 heterocycles. The fourth-order valence-electron chi connectivity index (χ4n) is 1.66. The summed E-state index contributed by atoms with van der Waals surface area (Å²) >= 11 is 0. The third-order valence-electron chi connectivity index (χ3n) is 2.34. The molecule has 0 aliphatic carbocycles. The van der Waals surface area contributed by atoms with Crippen LogP contribution in [0.4, 0.5) is 4.39 Å². The summed E-state index contributed by atoms with van der Waals surface area (Å²) in [6.07, 6.45) is 0. The van der Waals surface area contributed by atoms with Crippen LogP contribution in [0.3, 0.4) is 0 Å². The number of rotatable bonds is 1. The Morgan fingerprint density at radius 3 is 2.29 bits per heavy atom. The third-order valence-corrected chi connectivity index (χ3v) is 2.34. The average Bonchev–Trinajstić information content (AvgIpc) is 2.07. The monoisotopic (exact) mass is 196 g/mol. The summed E-state index contributed by atoms with van der Waals surface area (Å²) in [7, 11) is 0. The van der Waals surface area contributed by atoms with Crippen molar-refractivity contribution in [3.05, 3.63) is 34.6 Å². The van der Waals surface area contributed by atoms with Gasteiger partial charge in [0.1, 0.15) is 5.82 Å². The van der Waals surface area contributed by atoms with Gasteiger partial charge in [-0.05, 0) is 29.0 Å². The molecule has 0 saturated carbocycles. The smallest absolute Gasteiger partial charge is 0.130 e. The first kappa shape index (κ1) is 11.2. The van der Waals surface area contributed by atoms with Crippen LogP contribution in [0, 0.1) is 12.7 Å². The van der Waals surface area contributed by atoms with Crippen LogP contribution in [0.2, 0.25) is 0 Å². The number of aryl methyl sites for hydroxylation is 1. The standard InChI is InChI=1S/C12H17FO/c1-8-5-6-9(7-14)10(11(8)13)12(2,3)4/h5-6,14H,7H2,1-4H3. The minimum atomic E-state index is -0.270. The first-order valence-electron chi connectivity index (χ1n) is 4.77. The van der Waals surface area contributed by atoms with Crippen LogP contribution in [0.1, 0.15) is 37.5 Å². The summed E-state index contributed by atoms with van der Waals surface area (Å²) in [6, 6.07) is 3.50. The molecule has 0 amide bonds. The molecule has 1 aromatic rings. The molecule has 78 valence electrons. The third kappa shape index (κ3) is 1.95. The summed E-state index contributed by atoms with van der Waals surface area (Å²) in [4.78, 5) is 0. The lowest BCUT2D eigenvalue weighted by atomic mass is 9.82. The van der Waals surface area contributed by atoms with Crippen molar-refractivity contribution in [1.82, 2.24) is 0 Å². The zero-order valence-electron chi connectivity index (χ0n) is 9.19. The number of aliphatic hydroxyl groups excluding tert-OH is 1. The van der Waals surface area contributed by atoms with E-state index in [9.17, 15) is 4.39 Å². The fourth-order valence-corrected chi connectivity index (χ4v) is 1.66. The maximum atomic E-state index is 13.8. The lowest BCUT2D eigenvalue weighted by Crippen LogP contribution is -2.17. The lowest BCUT2D eigenvalue weighted by molar-refractivity contribution is 0.277. The molecule has 1 nitrogen and oxygen atoms in total. The first-order valence-corrected chi connectivity index (χ1v) is 4.77. The molecule has 2 heteroatoms. The zero-order chi connectivity index (χ0) is 10.9. The molecule has 1 N–H and O–H groups in total. The lowest BCUT2D eigenvalue weighted by Gasteiger charge is -2.23. The Morgan fingerprint density at radius 2 is 1.86 bits per heavy atom. The highest BCUT2D eigenvalue weighted by Gasteiger charge is 2.22. The van der Waals surface area contributed by atoms with Crippen LogP contribution in [-0.4, -0.2) is 5.11 Å². The van der Waals surface area contributed by atoms with Crippen LogP contribution in [0.5, 0.6) is 0 Å². The predicted molar refractivity (Wildman–Crippen MR) is 55.8 cm³/mol. The van der Waals surface area contributed by atoms with Gasteiger partial charge in [-0.2, -0.15) is 0 Å². The Morgan fingerprint density at radius 1 is 1.29 bits per heavy atom. The zero-order valence-corrected chi connectivity index (χ0v) is 9.19. The van der Waals surface area contributed by atoms with E-state index in [0.717, 1.165) is 0 Å². The largest absolute Gasteiger partial charge is 0.392 e. The average molecular weight is 196 g/mol. The van der Waals surface area contributed by atoms with Crippen molar-refractivity contribution in [2.75, 3.05) is 0 Å². The second-order valence-electron chi connectivity index (χ2n) is 4.64. The summed E-state index contributed by atoms with van der Waals surface area (Å²) < 4.78 is 13.8. The molecule has 0 fully saturated rings. The molecular weight excluding hydrogens is 179 g/mol. The van der Waals surface area contributed by atoms with Gasteiger partial charge in [-0.25, -0.2) is 4.39 Å². The number of benzene rings is 1. The fraction of sp³-hybridized carbons (Fsp3) is 0.500. The van der Waals surface area contributed by atoms with Crippen molar-refractivity contribution in [3.63, 3.8) is 0 Å². The van der Waals surface area contributed by atoms with Gasteiger partial charge >= 0.3 is 0 Å². The van der Waals surface area contributed by atoms with E-state index in [-0.39, 0.29) is 17.8 Å². The molecule has 0 atom stereocenters. The summed E-state index contributed by atoms with van der Waals surface area (Å²) in [5, 5.41) is 9.13. The van der Waals surface area contributed by atoms with Crippen molar-refractivity contribution >= 4 is 0 Å². The van der Waals surface area contributed by atoms with Gasteiger partial charge in [0.2, 0.25) is 0 Å². The van der Waals surface area contributed by atoms with Crippen LogP contribution in [0.15, 0.2) is 12.1 Å². The molecule has 0 spiro atoms. The quantitative estimate of drug-likeness (QED) is 0.732. The maximum absolute atomic E-state index is 13.8. The van der Waals surface area contributed by atoms with Crippen LogP contribution in [-0.2, 0) is 12.0 Å². The second-order valence-corrected chi connectivity index (χ2v) is 4.64. The van der Waals surface area contributed by atoms with Gasteiger partial charge in [-0.15, -0.1) is 0 Å². The molecule has 1 rings (SSSR count). The van der Waals surface area contributed by atoms with Gasteiger partial charge in [0.05, 0.1) is 6.61 Å². The van der Waals surface area contributed by atoms with Crippen molar-refractivity contribution in [2.45, 2.75) is 39.7 Å². The molecule has 0 saturated heterocycles. The minimum absolute atomic E-state index is 0.107. The highest BCUT2D eigenvalue weighted by molar-refractivity contribution is 5.37. The first-order chi connectivity index (χ1) is 6.38. The van der Waals surface area contributed by atoms with E-state index in [1.54, 1.807) is 19.1 Å². The van der Waals surface area contributed by atoms with E-state index < -0.39 is 0 Å². The molecule has 0 aliphatic heterocycles. The van der Waals surface area contributed by atoms with E-state index >= 15 is 0 Å². The van der Waals surface area contributed by atoms with Crippen LogP contribution < -0.4 is 0 Å². The summed E-state index contributed by atoms with van der Waals surface area (Å²) in [6.45, 7) is 7.48. The van der Waals surface area contributed by atoms with E-state index in [1.165, 1.54) is 0 Å². The minimum Gasteiger partial charge on any atom is -0.392 e. The number of hydrogen-bond donors (Lipinski definition) is 1. The van der Waals surface area contributed by atoms with Gasteiger partial charge in [-0.1, -0.05) is 32.9 Å². The van der Waals surface area contributed by atoms with Crippen molar-refractivity contribution in [1.29, 1.82) is 0 Å². The van der Waals surface area contributed by atoms with Crippen molar-refractivity contribution < 1.29 is 9.50 Å². The van der Waals surface area contributed by atoms with E-state index in [0.29, 0.717) is 16.7 Å². The van der Waals surface area contributed by atoms with Gasteiger partial charge in [0.15, 0.2) is 0 Å². The maximum Gasteiger partial charge on any atom is 0.130 e. The summed E-state index contributed by atoms with van der Waals surface area (Å²) in [5.74, 6) is -0.191. The Hall–Kier alpha value is -0.890. The summed E-state index contributed by atoms with van der Waals surface area (Å²) in [5.41, 5.74) is 1.67. The van der Waals surface area contributed by atoms with E-state index in [4.69, 9.17) is 5.11 Å². The predicted octanol–water partition coefficient (Wildman–Crippen LogP) is 2.92. The second kappa shape index (κ2) is 3.70. The highest BCUT2D eigenvalue weighted by atomic mass is 19.1. The molecule has 0 aliphatic rings. The molecule has 14 heavy (non-hydrogen) atoms. The molecule has 0 unspecified atom stereocenters. The molecule has 0 bridgehead atoms. The normalized spacial score (nSPS) is 11.9.